The maximum absolute atomic E-state index is 12.8. The summed E-state index contributed by atoms with van der Waals surface area (Å²) in [7, 11) is 0. The number of amides is 1. The van der Waals surface area contributed by atoms with Crippen molar-refractivity contribution in [3.63, 3.8) is 0 Å². The fourth-order valence-electron chi connectivity index (χ4n) is 3.38. The zero-order valence-electron chi connectivity index (χ0n) is 16.2. The Bertz CT molecular complexity index is 1110. The second-order valence-corrected chi connectivity index (χ2v) is 7.83. The number of hydrogen-bond donors (Lipinski definition) is 0. The van der Waals surface area contributed by atoms with E-state index in [0.29, 0.717) is 31.2 Å². The second kappa shape index (κ2) is 8.87. The molecule has 10 heteroatoms. The number of carbonyl (C=O) groups is 1. The number of halogens is 2. The van der Waals surface area contributed by atoms with Crippen LogP contribution in [0.3, 0.4) is 0 Å². The highest BCUT2D eigenvalue weighted by molar-refractivity contribution is 6.32. The van der Waals surface area contributed by atoms with Crippen molar-refractivity contribution >= 4 is 40.6 Å². The van der Waals surface area contributed by atoms with Crippen molar-refractivity contribution in [3.05, 3.63) is 80.3 Å². The molecule has 0 unspecified atom stereocenters. The number of aromatic nitrogens is 2. The fraction of sp³-hybridized carbons (Fsp3) is 0.190. The molecule has 1 fully saturated rings. The first-order chi connectivity index (χ1) is 14.9. The molecule has 0 aliphatic carbocycles. The summed E-state index contributed by atoms with van der Waals surface area (Å²) in [5.41, 5.74) is 1.65. The number of nitrogens with zero attached hydrogens (tertiary/aromatic N) is 5. The lowest BCUT2D eigenvalue weighted by molar-refractivity contribution is -0.384. The summed E-state index contributed by atoms with van der Waals surface area (Å²) in [6.45, 7) is 2.10. The number of nitro benzene ring substituents is 1. The van der Waals surface area contributed by atoms with Crippen LogP contribution in [0.15, 0.2) is 54.6 Å². The van der Waals surface area contributed by atoms with Gasteiger partial charge in [0.2, 0.25) is 0 Å². The van der Waals surface area contributed by atoms with Gasteiger partial charge in [-0.2, -0.15) is 0 Å². The molecule has 0 spiro atoms. The molecular formula is C21H17Cl2N5O3. The molecule has 2 heterocycles. The van der Waals surface area contributed by atoms with Gasteiger partial charge in [-0.05, 0) is 36.4 Å². The predicted molar refractivity (Wildman–Crippen MR) is 119 cm³/mol. The number of hydrogen-bond acceptors (Lipinski definition) is 6. The first kappa shape index (κ1) is 21.0. The van der Waals surface area contributed by atoms with Crippen LogP contribution in [0.5, 0.6) is 0 Å². The maximum Gasteiger partial charge on any atom is 0.288 e. The molecule has 31 heavy (non-hydrogen) atoms. The van der Waals surface area contributed by atoms with E-state index in [1.807, 2.05) is 29.2 Å². The normalized spacial score (nSPS) is 13.9. The minimum Gasteiger partial charge on any atom is -0.352 e. The molecule has 0 bridgehead atoms. The van der Waals surface area contributed by atoms with Crippen molar-refractivity contribution < 1.29 is 9.72 Å². The Morgan fingerprint density at radius 2 is 1.65 bits per heavy atom. The van der Waals surface area contributed by atoms with Crippen molar-refractivity contribution in [2.45, 2.75) is 0 Å². The highest BCUT2D eigenvalue weighted by Crippen LogP contribution is 2.26. The Morgan fingerprint density at radius 1 is 0.935 bits per heavy atom. The molecule has 3 aromatic rings. The minimum absolute atomic E-state index is 0.00647. The van der Waals surface area contributed by atoms with Gasteiger partial charge >= 0.3 is 0 Å². The SMILES string of the molecule is O=C(c1ccc(Cl)c([N+](=O)[O-])c1)N1CCN(c2ccc(-c3ccc(Cl)cc3)nn2)CC1. The molecule has 1 saturated heterocycles. The van der Waals surface area contributed by atoms with Crippen LogP contribution in [0.1, 0.15) is 10.4 Å². The molecule has 1 amide bonds. The van der Waals surface area contributed by atoms with Crippen molar-refractivity contribution in [3.8, 4) is 11.3 Å². The van der Waals surface area contributed by atoms with Crippen molar-refractivity contribution in [1.29, 1.82) is 0 Å². The zero-order chi connectivity index (χ0) is 22.0. The largest absolute Gasteiger partial charge is 0.352 e. The Balaban J connectivity index is 1.40. The van der Waals surface area contributed by atoms with E-state index in [9.17, 15) is 14.9 Å². The number of carbonyl (C=O) groups excluding carboxylic acids is 1. The number of benzene rings is 2. The van der Waals surface area contributed by atoms with Gasteiger partial charge in [-0.25, -0.2) is 0 Å². The lowest BCUT2D eigenvalue weighted by Gasteiger charge is -2.35. The third kappa shape index (κ3) is 4.60. The molecule has 2 aromatic carbocycles. The molecule has 0 N–H and O–H groups in total. The van der Waals surface area contributed by atoms with Crippen LogP contribution >= 0.6 is 23.2 Å². The van der Waals surface area contributed by atoms with E-state index >= 15 is 0 Å². The molecule has 0 radical (unpaired) electrons. The number of nitro groups is 1. The van der Waals surface area contributed by atoms with Crippen molar-refractivity contribution in [2.75, 3.05) is 31.1 Å². The number of anilines is 1. The van der Waals surface area contributed by atoms with E-state index in [0.717, 1.165) is 17.1 Å². The topological polar surface area (TPSA) is 92.5 Å². The highest BCUT2D eigenvalue weighted by atomic mass is 35.5. The van der Waals surface area contributed by atoms with Crippen LogP contribution in [-0.2, 0) is 0 Å². The summed E-state index contributed by atoms with van der Waals surface area (Å²) in [6.07, 6.45) is 0. The quantitative estimate of drug-likeness (QED) is 0.427. The van der Waals surface area contributed by atoms with Gasteiger partial charge in [0.05, 0.1) is 10.6 Å². The predicted octanol–water partition coefficient (Wildman–Crippen LogP) is 4.32. The first-order valence-electron chi connectivity index (χ1n) is 9.50. The van der Waals surface area contributed by atoms with Gasteiger partial charge in [-0.15, -0.1) is 10.2 Å². The summed E-state index contributed by atoms with van der Waals surface area (Å²) < 4.78 is 0. The summed E-state index contributed by atoms with van der Waals surface area (Å²) in [5.74, 6) is 0.468. The standard InChI is InChI=1S/C21H17Cl2N5O3/c22-16-4-1-14(2-5-16)18-7-8-20(25-24-18)26-9-11-27(12-10-26)21(29)15-3-6-17(23)19(13-15)28(30)31/h1-8,13H,9-12H2. The summed E-state index contributed by atoms with van der Waals surface area (Å²) in [6, 6.07) is 15.3. The zero-order valence-corrected chi connectivity index (χ0v) is 17.8. The van der Waals surface area contributed by atoms with Gasteiger partial charge in [-0.3, -0.25) is 14.9 Å². The van der Waals surface area contributed by atoms with Gasteiger partial charge in [-0.1, -0.05) is 35.3 Å². The third-order valence-corrected chi connectivity index (χ3v) is 5.64. The van der Waals surface area contributed by atoms with Crippen molar-refractivity contribution in [2.24, 2.45) is 0 Å². The van der Waals surface area contributed by atoms with Crippen LogP contribution in [0, 0.1) is 10.1 Å². The minimum atomic E-state index is -0.594. The van der Waals surface area contributed by atoms with Crippen molar-refractivity contribution in [1.82, 2.24) is 15.1 Å². The van der Waals surface area contributed by atoms with Crippen LogP contribution in [-0.4, -0.2) is 52.1 Å². The van der Waals surface area contributed by atoms with Gasteiger partial charge < -0.3 is 9.80 Å². The Hall–Kier alpha value is -3.23. The Kier molecular flexibility index (Phi) is 6.01. The van der Waals surface area contributed by atoms with E-state index in [-0.39, 0.29) is 22.2 Å². The first-order valence-corrected chi connectivity index (χ1v) is 10.3. The second-order valence-electron chi connectivity index (χ2n) is 6.99. The smallest absolute Gasteiger partial charge is 0.288 e. The third-order valence-electron chi connectivity index (χ3n) is 5.07. The van der Waals surface area contributed by atoms with Gasteiger partial charge in [0.25, 0.3) is 11.6 Å². The maximum atomic E-state index is 12.8. The fourth-order valence-corrected chi connectivity index (χ4v) is 3.69. The Labute approximate surface area is 188 Å². The number of piperazine rings is 1. The molecule has 1 aliphatic heterocycles. The molecule has 8 nitrogen and oxygen atoms in total. The summed E-state index contributed by atoms with van der Waals surface area (Å²) in [4.78, 5) is 27.0. The van der Waals surface area contributed by atoms with E-state index in [4.69, 9.17) is 23.2 Å². The van der Waals surface area contributed by atoms with E-state index in [2.05, 4.69) is 10.2 Å². The van der Waals surface area contributed by atoms with Crippen LogP contribution in [0.4, 0.5) is 11.5 Å². The summed E-state index contributed by atoms with van der Waals surface area (Å²) >= 11 is 11.8. The van der Waals surface area contributed by atoms with Gasteiger partial charge in [0.1, 0.15) is 5.02 Å². The highest BCUT2D eigenvalue weighted by Gasteiger charge is 2.25. The molecule has 1 aromatic heterocycles. The lowest BCUT2D eigenvalue weighted by atomic mass is 10.1. The van der Waals surface area contributed by atoms with Gasteiger partial charge in [0, 0.05) is 48.4 Å². The average Bonchev–Trinajstić information content (AvgIpc) is 2.79. The monoisotopic (exact) mass is 457 g/mol. The van der Waals surface area contributed by atoms with E-state index < -0.39 is 4.92 Å². The molecular weight excluding hydrogens is 441 g/mol. The van der Waals surface area contributed by atoms with Crippen LogP contribution in [0.2, 0.25) is 10.0 Å². The summed E-state index contributed by atoms with van der Waals surface area (Å²) in [5, 5.41) is 20.4. The molecule has 0 atom stereocenters. The average molecular weight is 458 g/mol. The Morgan fingerprint density at radius 3 is 2.26 bits per heavy atom. The van der Waals surface area contributed by atoms with E-state index in [1.54, 1.807) is 17.0 Å². The van der Waals surface area contributed by atoms with Crippen LogP contribution in [0.25, 0.3) is 11.3 Å². The lowest BCUT2D eigenvalue weighted by Crippen LogP contribution is -2.49. The molecule has 1 aliphatic rings. The molecule has 0 saturated carbocycles. The van der Waals surface area contributed by atoms with E-state index in [1.165, 1.54) is 18.2 Å². The van der Waals surface area contributed by atoms with Gasteiger partial charge in [0.15, 0.2) is 5.82 Å². The molecule has 158 valence electrons. The number of rotatable bonds is 4. The van der Waals surface area contributed by atoms with Crippen LogP contribution < -0.4 is 4.90 Å². The molecule has 4 rings (SSSR count).